The van der Waals surface area contributed by atoms with Gasteiger partial charge in [0.2, 0.25) is 0 Å². The van der Waals surface area contributed by atoms with Crippen LogP contribution >= 0.6 is 12.2 Å². The molecule has 5 heteroatoms. The Kier molecular flexibility index (Phi) is 4.42. The van der Waals surface area contributed by atoms with Crippen LogP contribution in [0, 0.1) is 0 Å². The summed E-state index contributed by atoms with van der Waals surface area (Å²) in [6.45, 7) is 1.89. The van der Waals surface area contributed by atoms with Crippen LogP contribution in [-0.4, -0.2) is 15.9 Å². The number of pyridine rings is 1. The molecule has 0 unspecified atom stereocenters. The number of carbonyl (C=O) groups is 1. The van der Waals surface area contributed by atoms with Crippen LogP contribution in [0.2, 0.25) is 0 Å². The van der Waals surface area contributed by atoms with Crippen molar-refractivity contribution in [1.29, 1.82) is 0 Å². The summed E-state index contributed by atoms with van der Waals surface area (Å²) in [7, 11) is 0. The first-order valence-corrected chi connectivity index (χ1v) is 6.60. The summed E-state index contributed by atoms with van der Waals surface area (Å²) in [5, 5.41) is 2.90. The van der Waals surface area contributed by atoms with Gasteiger partial charge in [-0.15, -0.1) is 0 Å². The lowest BCUT2D eigenvalue weighted by Crippen LogP contribution is -2.27. The van der Waals surface area contributed by atoms with Crippen LogP contribution in [0.25, 0.3) is 0 Å². The lowest BCUT2D eigenvalue weighted by Gasteiger charge is -2.13. The molecule has 3 N–H and O–H groups in total. The molecule has 0 aliphatic rings. The number of nitrogens with zero attached hydrogens (tertiary/aromatic N) is 1. The van der Waals surface area contributed by atoms with Crippen LogP contribution in [0.5, 0.6) is 0 Å². The Hall–Kier alpha value is -2.27. The van der Waals surface area contributed by atoms with Gasteiger partial charge in [-0.2, -0.15) is 0 Å². The lowest BCUT2D eigenvalue weighted by molar-refractivity contribution is 0.0939. The molecule has 0 saturated heterocycles. The Labute approximate surface area is 123 Å². The van der Waals surface area contributed by atoms with Crippen molar-refractivity contribution in [2.45, 2.75) is 13.0 Å². The van der Waals surface area contributed by atoms with Gasteiger partial charge in [0, 0.05) is 17.3 Å². The number of rotatable bonds is 4. The van der Waals surface area contributed by atoms with Gasteiger partial charge in [0.15, 0.2) is 0 Å². The van der Waals surface area contributed by atoms with Crippen molar-refractivity contribution in [3.05, 3.63) is 65.5 Å². The highest BCUT2D eigenvalue weighted by Gasteiger charge is 2.12. The van der Waals surface area contributed by atoms with Crippen LogP contribution in [0.3, 0.4) is 0 Å². The molecule has 0 aliphatic carbocycles. The number of carbonyl (C=O) groups excluding carboxylic acids is 1. The molecule has 1 atom stereocenters. The van der Waals surface area contributed by atoms with Crippen molar-refractivity contribution in [3.8, 4) is 0 Å². The number of aromatic nitrogens is 1. The van der Waals surface area contributed by atoms with E-state index in [1.807, 2.05) is 25.1 Å². The van der Waals surface area contributed by atoms with Gasteiger partial charge in [-0.3, -0.25) is 9.78 Å². The quantitative estimate of drug-likeness (QED) is 0.845. The Balaban J connectivity index is 2.06. The van der Waals surface area contributed by atoms with Crippen LogP contribution in [0.1, 0.15) is 34.6 Å². The molecule has 0 spiro atoms. The molecule has 0 saturated carbocycles. The van der Waals surface area contributed by atoms with E-state index < -0.39 is 0 Å². The molecular weight excluding hydrogens is 270 g/mol. The van der Waals surface area contributed by atoms with Crippen LogP contribution in [0.4, 0.5) is 0 Å². The predicted molar refractivity (Wildman–Crippen MR) is 82.4 cm³/mol. The second-order valence-electron chi connectivity index (χ2n) is 4.39. The standard InChI is InChI=1S/C15H15N3OS/c1-10(13-4-2-3-9-17-13)18-15(19)12-7-5-11(6-8-12)14(16)20/h2-10H,1H3,(H2,16,20)(H,18,19)/t10-/m0/s1. The minimum absolute atomic E-state index is 0.154. The Morgan fingerprint density at radius 1 is 1.20 bits per heavy atom. The molecule has 0 radical (unpaired) electrons. The number of hydrogen-bond acceptors (Lipinski definition) is 3. The molecule has 0 aliphatic heterocycles. The predicted octanol–water partition coefficient (Wildman–Crippen LogP) is 2.21. The molecule has 1 aromatic heterocycles. The highest BCUT2D eigenvalue weighted by molar-refractivity contribution is 7.80. The van der Waals surface area contributed by atoms with Crippen molar-refractivity contribution in [3.63, 3.8) is 0 Å². The zero-order chi connectivity index (χ0) is 14.5. The third-order valence-corrected chi connectivity index (χ3v) is 3.15. The lowest BCUT2D eigenvalue weighted by atomic mass is 10.1. The smallest absolute Gasteiger partial charge is 0.251 e. The summed E-state index contributed by atoms with van der Waals surface area (Å²) >= 11 is 4.87. The highest BCUT2D eigenvalue weighted by Crippen LogP contribution is 2.10. The number of nitrogens with one attached hydrogen (secondary N) is 1. The van der Waals surface area contributed by atoms with E-state index in [0.717, 1.165) is 11.3 Å². The fourth-order valence-electron chi connectivity index (χ4n) is 1.77. The Morgan fingerprint density at radius 3 is 2.40 bits per heavy atom. The van der Waals surface area contributed by atoms with Gasteiger partial charge in [0.1, 0.15) is 4.99 Å². The first kappa shape index (κ1) is 14.1. The van der Waals surface area contributed by atoms with Crippen molar-refractivity contribution in [2.75, 3.05) is 0 Å². The van der Waals surface area contributed by atoms with E-state index in [1.165, 1.54) is 0 Å². The van der Waals surface area contributed by atoms with E-state index in [9.17, 15) is 4.79 Å². The Morgan fingerprint density at radius 2 is 1.85 bits per heavy atom. The number of thiocarbonyl (C=S) groups is 1. The summed E-state index contributed by atoms with van der Waals surface area (Å²) in [6, 6.07) is 12.3. The minimum atomic E-state index is -0.155. The average Bonchev–Trinajstić information content (AvgIpc) is 2.48. The zero-order valence-electron chi connectivity index (χ0n) is 11.0. The fraction of sp³-hybridized carbons (Fsp3) is 0.133. The zero-order valence-corrected chi connectivity index (χ0v) is 11.9. The molecule has 2 rings (SSSR count). The van der Waals surface area contributed by atoms with Crippen LogP contribution < -0.4 is 11.1 Å². The maximum Gasteiger partial charge on any atom is 0.251 e. The largest absolute Gasteiger partial charge is 0.389 e. The monoisotopic (exact) mass is 285 g/mol. The molecule has 4 nitrogen and oxygen atoms in total. The molecule has 1 amide bonds. The first-order valence-electron chi connectivity index (χ1n) is 6.19. The van der Waals surface area contributed by atoms with E-state index in [4.69, 9.17) is 18.0 Å². The van der Waals surface area contributed by atoms with E-state index >= 15 is 0 Å². The fourth-order valence-corrected chi connectivity index (χ4v) is 1.91. The second-order valence-corrected chi connectivity index (χ2v) is 4.83. The van der Waals surface area contributed by atoms with Gasteiger partial charge in [-0.1, -0.05) is 30.4 Å². The van der Waals surface area contributed by atoms with E-state index in [1.54, 1.807) is 30.5 Å². The van der Waals surface area contributed by atoms with Crippen LogP contribution in [0.15, 0.2) is 48.7 Å². The molecular formula is C15H15N3OS. The maximum absolute atomic E-state index is 12.1. The molecule has 1 aromatic carbocycles. The third kappa shape index (κ3) is 3.39. The molecule has 0 bridgehead atoms. The van der Waals surface area contributed by atoms with Gasteiger partial charge in [-0.25, -0.2) is 0 Å². The number of benzene rings is 1. The summed E-state index contributed by atoms with van der Waals surface area (Å²) in [5.41, 5.74) is 7.65. The molecule has 102 valence electrons. The van der Waals surface area contributed by atoms with Crippen molar-refractivity contribution in [1.82, 2.24) is 10.3 Å². The number of nitrogens with two attached hydrogens (primary N) is 1. The SMILES string of the molecule is C[C@H](NC(=O)c1ccc(C(N)=S)cc1)c1ccccn1. The summed E-state index contributed by atoms with van der Waals surface area (Å²) < 4.78 is 0. The van der Waals surface area contributed by atoms with Crippen molar-refractivity contribution in [2.24, 2.45) is 5.73 Å². The molecule has 0 fully saturated rings. The second kappa shape index (κ2) is 6.25. The summed E-state index contributed by atoms with van der Waals surface area (Å²) in [6.07, 6.45) is 1.70. The molecule has 2 aromatic rings. The Bertz CT molecular complexity index is 611. The topological polar surface area (TPSA) is 68.0 Å². The van der Waals surface area contributed by atoms with Gasteiger partial charge in [0.25, 0.3) is 5.91 Å². The molecule has 1 heterocycles. The maximum atomic E-state index is 12.1. The number of hydrogen-bond donors (Lipinski definition) is 2. The highest BCUT2D eigenvalue weighted by atomic mass is 32.1. The average molecular weight is 285 g/mol. The van der Waals surface area contributed by atoms with Gasteiger partial charge < -0.3 is 11.1 Å². The van der Waals surface area contributed by atoms with Gasteiger partial charge in [-0.05, 0) is 31.2 Å². The summed E-state index contributed by atoms with van der Waals surface area (Å²) in [5.74, 6) is -0.155. The normalized spacial score (nSPS) is 11.7. The minimum Gasteiger partial charge on any atom is -0.389 e. The van der Waals surface area contributed by atoms with E-state index in [0.29, 0.717) is 10.6 Å². The van der Waals surface area contributed by atoms with Gasteiger partial charge in [0.05, 0.1) is 11.7 Å². The van der Waals surface area contributed by atoms with E-state index in [2.05, 4.69) is 10.3 Å². The summed E-state index contributed by atoms with van der Waals surface area (Å²) in [4.78, 5) is 16.6. The third-order valence-electron chi connectivity index (χ3n) is 2.91. The van der Waals surface area contributed by atoms with Crippen molar-refractivity contribution < 1.29 is 4.79 Å². The van der Waals surface area contributed by atoms with E-state index in [-0.39, 0.29) is 11.9 Å². The van der Waals surface area contributed by atoms with Crippen molar-refractivity contribution >= 4 is 23.1 Å². The first-order chi connectivity index (χ1) is 9.58. The van der Waals surface area contributed by atoms with Crippen LogP contribution in [-0.2, 0) is 0 Å². The number of amides is 1. The molecule has 20 heavy (non-hydrogen) atoms. The van der Waals surface area contributed by atoms with Gasteiger partial charge >= 0.3 is 0 Å².